The van der Waals surface area contributed by atoms with Gasteiger partial charge in [0.25, 0.3) is 0 Å². The van der Waals surface area contributed by atoms with Crippen molar-refractivity contribution in [3.05, 3.63) is 52.5 Å². The van der Waals surface area contributed by atoms with Crippen molar-refractivity contribution < 1.29 is 4.79 Å². The van der Waals surface area contributed by atoms with Crippen molar-refractivity contribution >= 4 is 17.2 Å². The second kappa shape index (κ2) is 7.04. The average molecular weight is 274 g/mol. The molecule has 0 aromatic carbocycles. The van der Waals surface area contributed by atoms with E-state index in [0.717, 1.165) is 5.69 Å². The fourth-order valence-electron chi connectivity index (χ4n) is 1.82. The average Bonchev–Trinajstić information content (AvgIpc) is 2.98. The zero-order valence-corrected chi connectivity index (χ0v) is 11.8. The highest BCUT2D eigenvalue weighted by molar-refractivity contribution is 7.07. The summed E-state index contributed by atoms with van der Waals surface area (Å²) in [4.78, 5) is 16.0. The summed E-state index contributed by atoms with van der Waals surface area (Å²) in [6.07, 6.45) is 2.94. The molecule has 1 amide bonds. The van der Waals surface area contributed by atoms with Gasteiger partial charge in [-0.2, -0.15) is 11.3 Å². The molecule has 1 atom stereocenters. The molecule has 0 aliphatic heterocycles. The molecule has 0 aliphatic rings. The minimum absolute atomic E-state index is 0.0905. The Morgan fingerprint density at radius 3 is 3.00 bits per heavy atom. The van der Waals surface area contributed by atoms with Gasteiger partial charge in [-0.1, -0.05) is 13.0 Å². The largest absolute Gasteiger partial charge is 0.355 e. The highest BCUT2D eigenvalue weighted by Crippen LogP contribution is 2.17. The highest BCUT2D eigenvalue weighted by Gasteiger charge is 2.08. The highest BCUT2D eigenvalue weighted by atomic mass is 32.1. The van der Waals surface area contributed by atoms with E-state index in [-0.39, 0.29) is 5.91 Å². The predicted molar refractivity (Wildman–Crippen MR) is 78.3 cm³/mol. The van der Waals surface area contributed by atoms with Gasteiger partial charge in [0.15, 0.2) is 0 Å². The number of rotatable bonds is 6. The van der Waals surface area contributed by atoms with Crippen LogP contribution in [0.3, 0.4) is 0 Å². The van der Waals surface area contributed by atoms with E-state index in [4.69, 9.17) is 0 Å². The van der Waals surface area contributed by atoms with Crippen molar-refractivity contribution in [1.82, 2.24) is 10.3 Å². The van der Waals surface area contributed by atoms with Gasteiger partial charge in [-0.05, 0) is 46.9 Å². The zero-order chi connectivity index (χ0) is 13.5. The molecule has 0 spiro atoms. The summed E-state index contributed by atoms with van der Waals surface area (Å²) in [7, 11) is 0. The molecule has 0 unspecified atom stereocenters. The van der Waals surface area contributed by atoms with Crippen LogP contribution in [0.4, 0.5) is 0 Å². The van der Waals surface area contributed by atoms with Crippen LogP contribution >= 0.6 is 11.3 Å². The molecule has 1 N–H and O–H groups in total. The lowest BCUT2D eigenvalue weighted by molar-refractivity contribution is -0.121. The van der Waals surface area contributed by atoms with Gasteiger partial charge in [-0.3, -0.25) is 9.78 Å². The Bertz CT molecular complexity index is 496. The number of hydrogen-bond acceptors (Lipinski definition) is 3. The van der Waals surface area contributed by atoms with Gasteiger partial charge in [0, 0.05) is 24.9 Å². The number of pyridine rings is 1. The molecule has 4 heteroatoms. The molecule has 2 heterocycles. The van der Waals surface area contributed by atoms with E-state index in [2.05, 4.69) is 34.1 Å². The van der Waals surface area contributed by atoms with Crippen LogP contribution in [0.2, 0.25) is 0 Å². The normalized spacial score (nSPS) is 12.1. The van der Waals surface area contributed by atoms with Crippen LogP contribution in [0.5, 0.6) is 0 Å². The van der Waals surface area contributed by atoms with Crippen LogP contribution in [-0.2, 0) is 11.2 Å². The van der Waals surface area contributed by atoms with Gasteiger partial charge in [-0.25, -0.2) is 0 Å². The standard InChI is InChI=1S/C15H18N2OS/c1-12(13-7-9-19-11-13)10-17-15(18)6-5-14-4-2-3-8-16-14/h2-4,7-9,11-12H,5-6,10H2,1H3,(H,17,18)/t12-/m1/s1. The number of nitrogens with zero attached hydrogens (tertiary/aromatic N) is 1. The quantitative estimate of drug-likeness (QED) is 0.880. The zero-order valence-electron chi connectivity index (χ0n) is 11.0. The minimum Gasteiger partial charge on any atom is -0.355 e. The summed E-state index contributed by atoms with van der Waals surface area (Å²) in [5.41, 5.74) is 2.25. The van der Waals surface area contributed by atoms with E-state index >= 15 is 0 Å². The Balaban J connectivity index is 1.70. The summed E-state index contributed by atoms with van der Waals surface area (Å²) in [6.45, 7) is 2.82. The van der Waals surface area contributed by atoms with Gasteiger partial charge in [0.1, 0.15) is 0 Å². The first-order valence-corrected chi connectivity index (χ1v) is 7.38. The molecule has 0 bridgehead atoms. The van der Waals surface area contributed by atoms with Crippen molar-refractivity contribution in [2.24, 2.45) is 0 Å². The molecular formula is C15H18N2OS. The second-order valence-corrected chi connectivity index (χ2v) is 5.36. The van der Waals surface area contributed by atoms with Crippen molar-refractivity contribution in [3.8, 4) is 0 Å². The SMILES string of the molecule is C[C@H](CNC(=O)CCc1ccccn1)c1ccsc1. The van der Waals surface area contributed by atoms with Crippen LogP contribution in [0.25, 0.3) is 0 Å². The number of carbonyl (C=O) groups excluding carboxylic acids is 1. The van der Waals surface area contributed by atoms with E-state index in [1.54, 1.807) is 17.5 Å². The number of aromatic nitrogens is 1. The first kappa shape index (κ1) is 13.7. The summed E-state index contributed by atoms with van der Waals surface area (Å²) in [5, 5.41) is 7.17. The van der Waals surface area contributed by atoms with E-state index in [9.17, 15) is 4.79 Å². The van der Waals surface area contributed by atoms with E-state index in [0.29, 0.717) is 25.3 Å². The molecule has 100 valence electrons. The fraction of sp³-hybridized carbons (Fsp3) is 0.333. The lowest BCUT2D eigenvalue weighted by Crippen LogP contribution is -2.27. The maximum Gasteiger partial charge on any atom is 0.220 e. The fourth-order valence-corrected chi connectivity index (χ4v) is 2.60. The third-order valence-electron chi connectivity index (χ3n) is 3.05. The third-order valence-corrected chi connectivity index (χ3v) is 3.75. The van der Waals surface area contributed by atoms with Gasteiger partial charge < -0.3 is 5.32 Å². The maximum absolute atomic E-state index is 11.8. The molecule has 2 aromatic rings. The summed E-state index contributed by atoms with van der Waals surface area (Å²) in [5.74, 6) is 0.456. The molecular weight excluding hydrogens is 256 g/mol. The lowest BCUT2D eigenvalue weighted by atomic mass is 10.1. The number of carbonyl (C=O) groups is 1. The monoisotopic (exact) mass is 274 g/mol. The predicted octanol–water partition coefficient (Wildman–Crippen LogP) is 3.00. The van der Waals surface area contributed by atoms with Crippen molar-refractivity contribution in [2.45, 2.75) is 25.7 Å². The first-order valence-electron chi connectivity index (χ1n) is 6.44. The van der Waals surface area contributed by atoms with Crippen LogP contribution < -0.4 is 5.32 Å². The maximum atomic E-state index is 11.8. The van der Waals surface area contributed by atoms with Crippen LogP contribution in [0, 0.1) is 0 Å². The molecule has 3 nitrogen and oxygen atoms in total. The second-order valence-electron chi connectivity index (χ2n) is 4.58. The van der Waals surface area contributed by atoms with Crippen molar-refractivity contribution in [3.63, 3.8) is 0 Å². The van der Waals surface area contributed by atoms with Gasteiger partial charge in [0.05, 0.1) is 0 Å². The Hall–Kier alpha value is -1.68. The topological polar surface area (TPSA) is 42.0 Å². The molecule has 0 saturated heterocycles. The summed E-state index contributed by atoms with van der Waals surface area (Å²) in [6, 6.07) is 7.88. The van der Waals surface area contributed by atoms with Crippen LogP contribution in [-0.4, -0.2) is 17.4 Å². The molecule has 2 aromatic heterocycles. The molecule has 0 radical (unpaired) electrons. The molecule has 0 saturated carbocycles. The number of aryl methyl sites for hydroxylation is 1. The van der Waals surface area contributed by atoms with Crippen molar-refractivity contribution in [2.75, 3.05) is 6.54 Å². The van der Waals surface area contributed by atoms with Crippen LogP contribution in [0.15, 0.2) is 41.2 Å². The van der Waals surface area contributed by atoms with E-state index in [1.165, 1.54) is 5.56 Å². The van der Waals surface area contributed by atoms with E-state index < -0.39 is 0 Å². The van der Waals surface area contributed by atoms with Crippen molar-refractivity contribution in [1.29, 1.82) is 0 Å². The van der Waals surface area contributed by atoms with Crippen LogP contribution in [0.1, 0.15) is 30.5 Å². The summed E-state index contributed by atoms with van der Waals surface area (Å²) < 4.78 is 0. The Morgan fingerprint density at radius 2 is 2.32 bits per heavy atom. The number of nitrogens with one attached hydrogen (secondary N) is 1. The molecule has 2 rings (SSSR count). The first-order chi connectivity index (χ1) is 9.25. The molecule has 19 heavy (non-hydrogen) atoms. The number of amides is 1. The molecule has 0 fully saturated rings. The van der Waals surface area contributed by atoms with Gasteiger partial charge in [-0.15, -0.1) is 0 Å². The van der Waals surface area contributed by atoms with Gasteiger partial charge in [0.2, 0.25) is 5.91 Å². The summed E-state index contributed by atoms with van der Waals surface area (Å²) >= 11 is 1.69. The third kappa shape index (κ3) is 4.48. The molecule has 0 aliphatic carbocycles. The smallest absolute Gasteiger partial charge is 0.220 e. The Labute approximate surface area is 117 Å². The van der Waals surface area contributed by atoms with Gasteiger partial charge >= 0.3 is 0 Å². The number of thiophene rings is 1. The van der Waals surface area contributed by atoms with E-state index in [1.807, 2.05) is 18.2 Å². The Kier molecular flexibility index (Phi) is 5.10. The Morgan fingerprint density at radius 1 is 1.42 bits per heavy atom. The number of hydrogen-bond donors (Lipinski definition) is 1. The minimum atomic E-state index is 0.0905. The lowest BCUT2D eigenvalue weighted by Gasteiger charge is -2.11.